The van der Waals surface area contributed by atoms with E-state index in [1.165, 1.54) is 5.69 Å². The van der Waals surface area contributed by atoms with Crippen LogP contribution in [0.5, 0.6) is 0 Å². The molecule has 0 spiro atoms. The van der Waals surface area contributed by atoms with Crippen LogP contribution in [0.3, 0.4) is 0 Å². The third-order valence-corrected chi connectivity index (χ3v) is 2.93. The lowest BCUT2D eigenvalue weighted by Crippen LogP contribution is -2.32. The first-order valence-corrected chi connectivity index (χ1v) is 6.37. The molecule has 1 aromatic heterocycles. The maximum Gasteiger partial charge on any atom is 0.0713 e. The summed E-state index contributed by atoms with van der Waals surface area (Å²) in [4.78, 5) is 0. The minimum Gasteiger partial charge on any atom is -0.298 e. The molecule has 1 heterocycles. The Labute approximate surface area is 105 Å². The first-order valence-electron chi connectivity index (χ1n) is 6.37. The van der Waals surface area contributed by atoms with Crippen LogP contribution in [0, 0.1) is 18.3 Å². The van der Waals surface area contributed by atoms with Gasteiger partial charge < -0.3 is 0 Å². The van der Waals surface area contributed by atoms with Crippen LogP contribution in [0.15, 0.2) is 6.07 Å². The van der Waals surface area contributed by atoms with Crippen molar-refractivity contribution in [3.05, 3.63) is 17.5 Å². The zero-order valence-corrected chi connectivity index (χ0v) is 11.3. The van der Waals surface area contributed by atoms with E-state index >= 15 is 0 Å². The molecule has 0 fully saturated rings. The quantitative estimate of drug-likeness (QED) is 0.764. The van der Waals surface area contributed by atoms with Gasteiger partial charge in [-0.1, -0.05) is 26.7 Å². The van der Waals surface area contributed by atoms with Crippen LogP contribution in [0.2, 0.25) is 0 Å². The Bertz CT molecular complexity index is 385. The van der Waals surface area contributed by atoms with Crippen LogP contribution in [0.1, 0.15) is 39.1 Å². The van der Waals surface area contributed by atoms with Gasteiger partial charge in [0.1, 0.15) is 0 Å². The molecule has 0 aliphatic rings. The van der Waals surface area contributed by atoms with E-state index < -0.39 is 0 Å². The maximum absolute atomic E-state index is 5.50. The molecule has 0 radical (unpaired) electrons. The van der Waals surface area contributed by atoms with Crippen LogP contribution >= 0.6 is 0 Å². The van der Waals surface area contributed by atoms with E-state index in [9.17, 15) is 0 Å². The number of hydrogen-bond acceptors (Lipinski definition) is 2. The van der Waals surface area contributed by atoms with Crippen LogP contribution in [-0.2, 0) is 19.5 Å². The van der Waals surface area contributed by atoms with Crippen molar-refractivity contribution >= 4 is 0 Å². The number of hydrogen-bond donors (Lipinski definition) is 1. The Morgan fingerprint density at radius 2 is 2.18 bits per heavy atom. The monoisotopic (exact) mass is 233 g/mol. The predicted octanol–water partition coefficient (Wildman–Crippen LogP) is 2.21. The van der Waals surface area contributed by atoms with E-state index in [1.807, 2.05) is 4.68 Å². The third kappa shape index (κ3) is 3.61. The number of nitrogens with one attached hydrogen (secondary N) is 1. The Hall–Kier alpha value is -1.27. The minimum absolute atomic E-state index is 0.125. The molecule has 0 amide bonds. The molecule has 0 aliphatic heterocycles. The molecule has 1 aromatic rings. The Balaban J connectivity index is 2.68. The average Bonchev–Trinajstić information content (AvgIpc) is 2.72. The predicted molar refractivity (Wildman–Crippen MR) is 71.6 cm³/mol. The van der Waals surface area contributed by atoms with Crippen molar-refractivity contribution in [2.75, 3.05) is 0 Å². The van der Waals surface area contributed by atoms with Gasteiger partial charge in [0.2, 0.25) is 0 Å². The second kappa shape index (κ2) is 6.46. The number of nitrogens with zero attached hydrogens (tertiary/aromatic N) is 2. The molecule has 0 aliphatic carbocycles. The van der Waals surface area contributed by atoms with Crippen LogP contribution in [0.4, 0.5) is 0 Å². The van der Waals surface area contributed by atoms with Crippen molar-refractivity contribution in [2.24, 2.45) is 5.92 Å². The third-order valence-electron chi connectivity index (χ3n) is 2.93. The first kappa shape index (κ1) is 13.8. The molecular weight excluding hydrogens is 210 g/mol. The molecule has 1 rings (SSSR count). The van der Waals surface area contributed by atoms with Gasteiger partial charge in [-0.25, -0.2) is 0 Å². The van der Waals surface area contributed by atoms with Crippen molar-refractivity contribution in [1.29, 1.82) is 0 Å². The van der Waals surface area contributed by atoms with Crippen LogP contribution in [-0.4, -0.2) is 15.8 Å². The van der Waals surface area contributed by atoms with E-state index in [0.29, 0.717) is 5.92 Å². The van der Waals surface area contributed by atoms with Crippen molar-refractivity contribution < 1.29 is 0 Å². The van der Waals surface area contributed by atoms with Crippen LogP contribution in [0.25, 0.3) is 0 Å². The van der Waals surface area contributed by atoms with Gasteiger partial charge in [-0.3, -0.25) is 10.00 Å². The fourth-order valence-electron chi connectivity index (χ4n) is 1.81. The fraction of sp³-hybridized carbons (Fsp3) is 0.643. The molecule has 17 heavy (non-hydrogen) atoms. The summed E-state index contributed by atoms with van der Waals surface area (Å²) in [5.41, 5.74) is 2.36. The summed E-state index contributed by atoms with van der Waals surface area (Å²) in [6.45, 7) is 10.2. The Kier molecular flexibility index (Phi) is 5.24. The molecule has 3 heteroatoms. The number of terminal acetylenes is 1. The minimum atomic E-state index is 0.125. The van der Waals surface area contributed by atoms with Gasteiger partial charge >= 0.3 is 0 Å². The highest BCUT2D eigenvalue weighted by Gasteiger charge is 2.11. The van der Waals surface area contributed by atoms with E-state index in [-0.39, 0.29) is 6.04 Å². The normalized spacial score (nSPS) is 12.7. The van der Waals surface area contributed by atoms with Gasteiger partial charge in [-0.15, -0.1) is 6.42 Å². The molecule has 0 saturated heterocycles. The van der Waals surface area contributed by atoms with Gasteiger partial charge in [-0.05, 0) is 25.3 Å². The summed E-state index contributed by atoms with van der Waals surface area (Å²) < 4.78 is 2.04. The lowest BCUT2D eigenvalue weighted by molar-refractivity contribution is 0.462. The van der Waals surface area contributed by atoms with Gasteiger partial charge in [-0.2, -0.15) is 5.10 Å². The number of rotatable bonds is 6. The maximum atomic E-state index is 5.50. The molecule has 1 atom stereocenters. The highest BCUT2D eigenvalue weighted by atomic mass is 15.3. The standard InChI is InChI=1S/C14H23N3/c1-6-12-9-13(17(8-3)16-12)10-15-14(7-2)11(4)5/h2,9,11,14-15H,6,8,10H2,1,3-5H3. The number of aryl methyl sites for hydroxylation is 2. The van der Waals surface area contributed by atoms with Gasteiger partial charge in [0.25, 0.3) is 0 Å². The first-order chi connectivity index (χ1) is 8.12. The largest absolute Gasteiger partial charge is 0.298 e. The Morgan fingerprint density at radius 1 is 1.47 bits per heavy atom. The number of aromatic nitrogens is 2. The van der Waals surface area contributed by atoms with Gasteiger partial charge in [0.05, 0.1) is 17.4 Å². The van der Waals surface area contributed by atoms with Crippen molar-refractivity contribution in [1.82, 2.24) is 15.1 Å². The van der Waals surface area contributed by atoms with Crippen molar-refractivity contribution in [2.45, 2.75) is 53.2 Å². The summed E-state index contributed by atoms with van der Waals surface area (Å²) in [5.74, 6) is 3.24. The second-order valence-electron chi connectivity index (χ2n) is 4.57. The molecular formula is C14H23N3. The van der Waals surface area contributed by atoms with Crippen molar-refractivity contribution in [3.8, 4) is 12.3 Å². The van der Waals surface area contributed by atoms with E-state index in [1.54, 1.807) is 0 Å². The molecule has 0 bridgehead atoms. The molecule has 94 valence electrons. The molecule has 0 aromatic carbocycles. The molecule has 3 nitrogen and oxygen atoms in total. The molecule has 1 unspecified atom stereocenters. The molecule has 0 saturated carbocycles. The zero-order valence-electron chi connectivity index (χ0n) is 11.3. The lowest BCUT2D eigenvalue weighted by Gasteiger charge is -2.16. The van der Waals surface area contributed by atoms with E-state index in [0.717, 1.165) is 25.2 Å². The smallest absolute Gasteiger partial charge is 0.0713 e. The van der Waals surface area contributed by atoms with Gasteiger partial charge in [0, 0.05) is 13.1 Å². The molecule has 1 N–H and O–H groups in total. The van der Waals surface area contributed by atoms with Crippen molar-refractivity contribution in [3.63, 3.8) is 0 Å². The summed E-state index contributed by atoms with van der Waals surface area (Å²) in [5, 5.41) is 7.92. The second-order valence-corrected chi connectivity index (χ2v) is 4.57. The zero-order chi connectivity index (χ0) is 12.8. The van der Waals surface area contributed by atoms with Crippen LogP contribution < -0.4 is 5.32 Å². The summed E-state index contributed by atoms with van der Waals surface area (Å²) in [6, 6.07) is 2.28. The highest BCUT2D eigenvalue weighted by molar-refractivity contribution is 5.11. The SMILES string of the molecule is C#CC(NCc1cc(CC)nn1CC)C(C)C. The summed E-state index contributed by atoms with van der Waals surface area (Å²) >= 11 is 0. The lowest BCUT2D eigenvalue weighted by atomic mass is 10.1. The summed E-state index contributed by atoms with van der Waals surface area (Å²) in [7, 11) is 0. The van der Waals surface area contributed by atoms with E-state index in [2.05, 4.69) is 50.1 Å². The van der Waals surface area contributed by atoms with Gasteiger partial charge in [0.15, 0.2) is 0 Å². The fourth-order valence-corrected chi connectivity index (χ4v) is 1.81. The topological polar surface area (TPSA) is 29.9 Å². The Morgan fingerprint density at radius 3 is 2.65 bits per heavy atom. The summed E-state index contributed by atoms with van der Waals surface area (Å²) in [6.07, 6.45) is 6.48. The van der Waals surface area contributed by atoms with E-state index in [4.69, 9.17) is 6.42 Å². The average molecular weight is 233 g/mol. The highest BCUT2D eigenvalue weighted by Crippen LogP contribution is 2.07.